The summed E-state index contributed by atoms with van der Waals surface area (Å²) >= 11 is 1.12. The number of carboxylic acids is 1. The fourth-order valence-electron chi connectivity index (χ4n) is 1.64. The molecule has 0 aliphatic rings. The summed E-state index contributed by atoms with van der Waals surface area (Å²) in [7, 11) is 0. The lowest BCUT2D eigenvalue weighted by atomic mass is 10.3. The van der Waals surface area contributed by atoms with E-state index in [1.54, 1.807) is 17.7 Å². The number of nitrogens with one attached hydrogen (secondary N) is 1. The van der Waals surface area contributed by atoms with Gasteiger partial charge in [0.25, 0.3) is 0 Å². The van der Waals surface area contributed by atoms with Crippen LogP contribution < -0.4 is 5.32 Å². The zero-order valence-electron chi connectivity index (χ0n) is 11.3. The van der Waals surface area contributed by atoms with Gasteiger partial charge in [0.2, 0.25) is 5.91 Å². The predicted molar refractivity (Wildman–Crippen MR) is 73.3 cm³/mol. The van der Waals surface area contributed by atoms with Gasteiger partial charge in [0.1, 0.15) is 6.04 Å². The highest BCUT2D eigenvalue weighted by Crippen LogP contribution is 2.22. The maximum Gasteiger partial charge on any atom is 0.313 e. The monoisotopic (exact) mass is 285 g/mol. The van der Waals surface area contributed by atoms with Gasteiger partial charge in [-0.25, -0.2) is 4.98 Å². The number of aromatic nitrogens is 2. The Hall–Kier alpha value is -1.50. The molecular formula is C12H19N3O3S. The Kier molecular flexibility index (Phi) is 5.88. The van der Waals surface area contributed by atoms with Gasteiger partial charge in [0.15, 0.2) is 5.16 Å². The molecule has 0 aliphatic heterocycles. The van der Waals surface area contributed by atoms with Crippen LogP contribution in [-0.4, -0.2) is 38.8 Å². The molecule has 2 N–H and O–H groups in total. The fourth-order valence-corrected chi connectivity index (χ4v) is 2.46. The van der Waals surface area contributed by atoms with Crippen molar-refractivity contribution in [2.24, 2.45) is 0 Å². The summed E-state index contributed by atoms with van der Waals surface area (Å²) in [5.41, 5.74) is 0.840. The van der Waals surface area contributed by atoms with Crippen LogP contribution in [0.1, 0.15) is 32.0 Å². The van der Waals surface area contributed by atoms with Crippen LogP contribution in [0.4, 0.5) is 0 Å². The second-order valence-electron chi connectivity index (χ2n) is 4.20. The molecule has 0 bridgehead atoms. The third-order valence-electron chi connectivity index (χ3n) is 2.59. The van der Waals surface area contributed by atoms with Crippen LogP contribution in [-0.2, 0) is 9.59 Å². The maximum atomic E-state index is 12.0. The molecule has 0 spiro atoms. The maximum absolute atomic E-state index is 12.0. The lowest BCUT2D eigenvalue weighted by molar-refractivity contribution is -0.133. The van der Waals surface area contributed by atoms with Crippen molar-refractivity contribution in [3.63, 3.8) is 0 Å². The molecule has 0 aromatic carbocycles. The van der Waals surface area contributed by atoms with Gasteiger partial charge in [-0.05, 0) is 20.3 Å². The second-order valence-corrected chi connectivity index (χ2v) is 5.14. The van der Waals surface area contributed by atoms with Crippen molar-refractivity contribution < 1.29 is 14.7 Å². The van der Waals surface area contributed by atoms with Gasteiger partial charge >= 0.3 is 5.97 Å². The first-order chi connectivity index (χ1) is 8.97. The molecule has 1 amide bonds. The highest BCUT2D eigenvalue weighted by atomic mass is 32.2. The lowest BCUT2D eigenvalue weighted by Gasteiger charge is -2.17. The number of hydrogen-bond donors (Lipinski definition) is 2. The van der Waals surface area contributed by atoms with Crippen LogP contribution in [0.3, 0.4) is 0 Å². The molecule has 1 aromatic rings. The third kappa shape index (κ3) is 4.27. The van der Waals surface area contributed by atoms with E-state index >= 15 is 0 Å². The minimum atomic E-state index is -0.903. The number of nitrogens with zero attached hydrogens (tertiary/aromatic N) is 2. The van der Waals surface area contributed by atoms with Crippen LogP contribution >= 0.6 is 11.8 Å². The Balaban J connectivity index is 2.82. The molecule has 1 unspecified atom stereocenters. The summed E-state index contributed by atoms with van der Waals surface area (Å²) in [5, 5.41) is 12.1. The van der Waals surface area contributed by atoms with E-state index in [4.69, 9.17) is 5.11 Å². The lowest BCUT2D eigenvalue weighted by Crippen LogP contribution is -2.32. The van der Waals surface area contributed by atoms with Crippen molar-refractivity contribution in [1.29, 1.82) is 0 Å². The van der Waals surface area contributed by atoms with E-state index in [1.807, 2.05) is 13.8 Å². The van der Waals surface area contributed by atoms with Crippen molar-refractivity contribution in [2.45, 2.75) is 38.4 Å². The van der Waals surface area contributed by atoms with Crippen LogP contribution in [0.15, 0.2) is 11.4 Å². The van der Waals surface area contributed by atoms with Gasteiger partial charge in [-0.2, -0.15) is 0 Å². The zero-order valence-corrected chi connectivity index (χ0v) is 12.2. The van der Waals surface area contributed by atoms with Gasteiger partial charge < -0.3 is 15.0 Å². The number of carboxylic acid groups (broad SMARTS) is 1. The first kappa shape index (κ1) is 15.6. The van der Waals surface area contributed by atoms with E-state index in [0.717, 1.165) is 23.9 Å². The Morgan fingerprint density at radius 1 is 1.58 bits per heavy atom. The van der Waals surface area contributed by atoms with Crippen LogP contribution in [0.2, 0.25) is 0 Å². The number of imidazole rings is 1. The Bertz CT molecular complexity index is 459. The predicted octanol–water partition coefficient (Wildman–Crippen LogP) is 1.46. The molecule has 6 nitrogen and oxygen atoms in total. The van der Waals surface area contributed by atoms with Crippen molar-refractivity contribution in [1.82, 2.24) is 14.9 Å². The first-order valence-electron chi connectivity index (χ1n) is 6.13. The molecular weight excluding hydrogens is 266 g/mol. The van der Waals surface area contributed by atoms with E-state index in [2.05, 4.69) is 10.3 Å². The van der Waals surface area contributed by atoms with Crippen LogP contribution in [0, 0.1) is 6.92 Å². The van der Waals surface area contributed by atoms with E-state index in [1.165, 1.54) is 0 Å². The van der Waals surface area contributed by atoms with Crippen molar-refractivity contribution in [3.05, 3.63) is 11.9 Å². The first-order valence-corrected chi connectivity index (χ1v) is 7.12. The topological polar surface area (TPSA) is 84.2 Å². The number of aliphatic carboxylic acids is 1. The van der Waals surface area contributed by atoms with Crippen LogP contribution in [0.5, 0.6) is 0 Å². The molecule has 1 atom stereocenters. The number of hydrogen-bond acceptors (Lipinski definition) is 4. The molecule has 7 heteroatoms. The average Bonchev–Trinajstić information content (AvgIpc) is 2.73. The summed E-state index contributed by atoms with van der Waals surface area (Å²) < 4.78 is 1.76. The van der Waals surface area contributed by atoms with E-state index in [9.17, 15) is 9.59 Å². The molecule has 0 radical (unpaired) electrons. The Labute approximate surface area is 116 Å². The highest BCUT2D eigenvalue weighted by molar-refractivity contribution is 7.99. The minimum absolute atomic E-state index is 0.0697. The van der Waals surface area contributed by atoms with Crippen LogP contribution in [0.25, 0.3) is 0 Å². The molecule has 19 heavy (non-hydrogen) atoms. The van der Waals surface area contributed by atoms with Crippen molar-refractivity contribution in [3.8, 4) is 0 Å². The molecule has 0 saturated carbocycles. The largest absolute Gasteiger partial charge is 0.481 e. The summed E-state index contributed by atoms with van der Waals surface area (Å²) in [4.78, 5) is 26.7. The van der Waals surface area contributed by atoms with Gasteiger partial charge in [-0.15, -0.1) is 0 Å². The zero-order chi connectivity index (χ0) is 14.4. The van der Waals surface area contributed by atoms with Gasteiger partial charge in [0, 0.05) is 18.4 Å². The molecule has 1 heterocycles. The molecule has 1 rings (SSSR count). The molecule has 1 aromatic heterocycles. The van der Waals surface area contributed by atoms with E-state index in [-0.39, 0.29) is 11.7 Å². The van der Waals surface area contributed by atoms with Crippen molar-refractivity contribution >= 4 is 23.6 Å². The van der Waals surface area contributed by atoms with Gasteiger partial charge in [-0.3, -0.25) is 9.59 Å². The van der Waals surface area contributed by atoms with Gasteiger partial charge in [-0.1, -0.05) is 18.7 Å². The second kappa shape index (κ2) is 7.18. The summed E-state index contributed by atoms with van der Waals surface area (Å²) in [6.07, 6.45) is 2.52. The summed E-state index contributed by atoms with van der Waals surface area (Å²) in [5.74, 6) is -1.06. The summed E-state index contributed by atoms with van der Waals surface area (Å²) in [6.45, 7) is 6.25. The normalized spacial score (nSPS) is 12.2. The number of aryl methyl sites for hydroxylation is 1. The number of thioether (sulfide) groups is 1. The van der Waals surface area contributed by atoms with E-state index in [0.29, 0.717) is 11.7 Å². The molecule has 0 aliphatic carbocycles. The van der Waals surface area contributed by atoms with Crippen molar-refractivity contribution in [2.75, 3.05) is 12.3 Å². The number of carbonyl (C=O) groups is 2. The molecule has 0 fully saturated rings. The minimum Gasteiger partial charge on any atom is -0.481 e. The Morgan fingerprint density at radius 3 is 2.84 bits per heavy atom. The molecule has 0 saturated heterocycles. The highest BCUT2D eigenvalue weighted by Gasteiger charge is 2.20. The number of carbonyl (C=O) groups excluding carboxylic acids is 1. The molecule has 106 valence electrons. The SMILES string of the molecule is CCCNC(=O)C(C)n1c(C)cnc1SCC(=O)O. The Morgan fingerprint density at radius 2 is 2.26 bits per heavy atom. The number of rotatable bonds is 7. The fraction of sp³-hybridized carbons (Fsp3) is 0.583. The average molecular weight is 285 g/mol. The summed E-state index contributed by atoms with van der Waals surface area (Å²) in [6, 6.07) is -0.398. The smallest absolute Gasteiger partial charge is 0.313 e. The third-order valence-corrected chi connectivity index (χ3v) is 3.54. The van der Waals surface area contributed by atoms with E-state index < -0.39 is 12.0 Å². The quantitative estimate of drug-likeness (QED) is 0.741. The standard InChI is InChI=1S/C12H19N3O3S/c1-4-5-13-11(18)9(3)15-8(2)6-14-12(15)19-7-10(16)17/h6,9H,4-5,7H2,1-3H3,(H,13,18)(H,16,17). The number of amides is 1. The van der Waals surface area contributed by atoms with Gasteiger partial charge in [0.05, 0.1) is 5.75 Å².